The third-order valence-corrected chi connectivity index (χ3v) is 2.96. The van der Waals surface area contributed by atoms with Gasteiger partial charge in [-0.15, -0.1) is 0 Å². The van der Waals surface area contributed by atoms with Gasteiger partial charge in [-0.2, -0.15) is 4.68 Å². The van der Waals surface area contributed by atoms with E-state index in [1.807, 2.05) is 25.1 Å². The lowest BCUT2D eigenvalue weighted by atomic mass is 10.2. The summed E-state index contributed by atoms with van der Waals surface area (Å²) in [6.07, 6.45) is 0. The van der Waals surface area contributed by atoms with Crippen molar-refractivity contribution in [1.29, 1.82) is 0 Å². The molecular weight excluding hydrogens is 330 g/mol. The monoisotopic (exact) mass is 339 g/mol. The summed E-state index contributed by atoms with van der Waals surface area (Å²) in [5, 5.41) is 16.8. The molecule has 8 nitrogen and oxygen atoms in total. The quantitative estimate of drug-likeness (QED) is 0.676. The summed E-state index contributed by atoms with van der Waals surface area (Å²) in [5.41, 5.74) is 1.67. The molecule has 20 heavy (non-hydrogen) atoms. The Kier molecular flexibility index (Phi) is 4.08. The Morgan fingerprint density at radius 1 is 1.55 bits per heavy atom. The van der Waals surface area contributed by atoms with Gasteiger partial charge in [0.25, 0.3) is 4.73 Å². The normalized spacial score (nSPS) is 10.3. The van der Waals surface area contributed by atoms with Crippen LogP contribution in [-0.4, -0.2) is 25.6 Å². The number of hydrogen-bond donors (Lipinski definition) is 1. The molecule has 0 saturated carbocycles. The van der Waals surface area contributed by atoms with Crippen molar-refractivity contribution in [3.63, 3.8) is 0 Å². The molecular formula is C11H10BrN5O3. The highest BCUT2D eigenvalue weighted by atomic mass is 79.9. The number of amides is 1. The third kappa shape index (κ3) is 3.38. The summed E-state index contributed by atoms with van der Waals surface area (Å²) in [5.74, 6) is -0.906. The molecule has 1 aromatic carbocycles. The molecule has 0 bridgehead atoms. The minimum Gasteiger partial charge on any atom is -0.390 e. The van der Waals surface area contributed by atoms with Gasteiger partial charge >= 0.3 is 5.95 Å². The number of nitrogens with one attached hydrogen (secondary N) is 1. The van der Waals surface area contributed by atoms with Gasteiger partial charge in [0.2, 0.25) is 5.91 Å². The Labute approximate surface area is 122 Å². The number of aryl methyl sites for hydroxylation is 1. The molecule has 0 unspecified atom stereocenters. The van der Waals surface area contributed by atoms with Crippen LogP contribution in [-0.2, 0) is 11.3 Å². The number of nitro groups is 1. The predicted octanol–water partition coefficient (Wildman–Crippen LogP) is 1.90. The number of benzene rings is 1. The van der Waals surface area contributed by atoms with E-state index in [0.717, 1.165) is 10.2 Å². The summed E-state index contributed by atoms with van der Waals surface area (Å²) >= 11 is 3.02. The third-order valence-electron chi connectivity index (χ3n) is 2.37. The molecule has 1 N–H and O–H groups in total. The second-order valence-electron chi connectivity index (χ2n) is 4.01. The van der Waals surface area contributed by atoms with Gasteiger partial charge in [-0.25, -0.2) is 0 Å². The van der Waals surface area contributed by atoms with Crippen molar-refractivity contribution >= 4 is 33.5 Å². The van der Waals surface area contributed by atoms with Gasteiger partial charge in [-0.05, 0) is 34.5 Å². The number of carbonyl (C=O) groups is 1. The first-order valence-electron chi connectivity index (χ1n) is 5.57. The minimum atomic E-state index is -0.722. The molecule has 0 aliphatic rings. The van der Waals surface area contributed by atoms with Crippen LogP contribution in [0.4, 0.5) is 11.6 Å². The average molecular weight is 340 g/mol. The SMILES string of the molecule is Cc1cccc(NC(=O)Cn2nc([N+](=O)[O-])nc2Br)c1. The highest BCUT2D eigenvalue weighted by Gasteiger charge is 2.21. The summed E-state index contributed by atoms with van der Waals surface area (Å²) < 4.78 is 1.24. The van der Waals surface area contributed by atoms with Crippen LogP contribution in [0, 0.1) is 17.0 Å². The molecule has 0 saturated heterocycles. The lowest BCUT2D eigenvalue weighted by Crippen LogP contribution is -2.19. The number of halogens is 1. The maximum absolute atomic E-state index is 11.8. The molecule has 1 aromatic heterocycles. The lowest BCUT2D eigenvalue weighted by Gasteiger charge is -2.04. The second kappa shape index (κ2) is 5.78. The fourth-order valence-electron chi connectivity index (χ4n) is 1.55. The van der Waals surface area contributed by atoms with Crippen LogP contribution in [0.5, 0.6) is 0 Å². The molecule has 2 aromatic rings. The highest BCUT2D eigenvalue weighted by molar-refractivity contribution is 9.10. The fourth-order valence-corrected chi connectivity index (χ4v) is 1.91. The molecule has 1 amide bonds. The fraction of sp³-hybridized carbons (Fsp3) is 0.182. The van der Waals surface area contributed by atoms with Crippen LogP contribution >= 0.6 is 15.9 Å². The van der Waals surface area contributed by atoms with Crippen molar-refractivity contribution in [2.75, 3.05) is 5.32 Å². The zero-order valence-corrected chi connectivity index (χ0v) is 12.0. The van der Waals surface area contributed by atoms with E-state index in [1.165, 1.54) is 0 Å². The van der Waals surface area contributed by atoms with Gasteiger partial charge in [0.05, 0.1) is 0 Å². The van der Waals surface area contributed by atoms with Gasteiger partial charge in [-0.3, -0.25) is 4.79 Å². The topological polar surface area (TPSA) is 103 Å². The summed E-state index contributed by atoms with van der Waals surface area (Å²) in [6, 6.07) is 7.30. The summed E-state index contributed by atoms with van der Waals surface area (Å²) in [4.78, 5) is 25.2. The van der Waals surface area contributed by atoms with Crippen LogP contribution in [0.1, 0.15) is 5.56 Å². The van der Waals surface area contributed by atoms with Crippen LogP contribution in [0.2, 0.25) is 0 Å². The Morgan fingerprint density at radius 3 is 2.90 bits per heavy atom. The molecule has 0 spiro atoms. The van der Waals surface area contributed by atoms with Crippen LogP contribution in [0.25, 0.3) is 0 Å². The number of nitrogens with zero attached hydrogens (tertiary/aromatic N) is 4. The van der Waals surface area contributed by atoms with E-state index in [9.17, 15) is 14.9 Å². The van der Waals surface area contributed by atoms with Gasteiger partial charge in [0.15, 0.2) is 0 Å². The molecule has 9 heteroatoms. The number of hydrogen-bond acceptors (Lipinski definition) is 5. The second-order valence-corrected chi connectivity index (χ2v) is 4.72. The maximum Gasteiger partial charge on any atom is 0.492 e. The first-order valence-corrected chi connectivity index (χ1v) is 6.36. The lowest BCUT2D eigenvalue weighted by molar-refractivity contribution is -0.394. The van der Waals surface area contributed by atoms with E-state index in [2.05, 4.69) is 31.3 Å². The highest BCUT2D eigenvalue weighted by Crippen LogP contribution is 2.13. The standard InChI is InChI=1S/C11H10BrN5O3/c1-7-3-2-4-8(5-7)13-9(18)6-16-10(12)14-11(15-16)17(19)20/h2-5H,6H2,1H3,(H,13,18). The first kappa shape index (κ1) is 14.1. The number of aromatic nitrogens is 3. The van der Waals surface area contributed by atoms with E-state index in [4.69, 9.17) is 0 Å². The van der Waals surface area contributed by atoms with Crippen molar-refractivity contribution in [3.8, 4) is 0 Å². The van der Waals surface area contributed by atoms with Gasteiger partial charge in [0.1, 0.15) is 6.54 Å². The zero-order chi connectivity index (χ0) is 14.7. The van der Waals surface area contributed by atoms with Crippen LogP contribution < -0.4 is 5.32 Å². The molecule has 0 fully saturated rings. The maximum atomic E-state index is 11.8. The first-order chi connectivity index (χ1) is 9.45. The molecule has 0 radical (unpaired) electrons. The Morgan fingerprint density at radius 2 is 2.30 bits per heavy atom. The van der Waals surface area contributed by atoms with E-state index in [1.54, 1.807) is 6.07 Å². The van der Waals surface area contributed by atoms with Gasteiger partial charge in [0, 0.05) is 26.7 Å². The van der Waals surface area contributed by atoms with Crippen molar-refractivity contribution in [1.82, 2.24) is 14.8 Å². The van der Waals surface area contributed by atoms with Crippen molar-refractivity contribution in [3.05, 3.63) is 44.7 Å². The number of rotatable bonds is 4. The zero-order valence-electron chi connectivity index (χ0n) is 10.4. The number of carbonyl (C=O) groups excluding carboxylic acids is 1. The van der Waals surface area contributed by atoms with Crippen LogP contribution in [0.15, 0.2) is 29.0 Å². The predicted molar refractivity (Wildman–Crippen MR) is 74.2 cm³/mol. The average Bonchev–Trinajstić information content (AvgIpc) is 2.71. The van der Waals surface area contributed by atoms with E-state index >= 15 is 0 Å². The molecule has 0 aliphatic carbocycles. The Balaban J connectivity index is 2.06. The largest absolute Gasteiger partial charge is 0.492 e. The minimum absolute atomic E-state index is 0.128. The van der Waals surface area contributed by atoms with Gasteiger partial charge in [-0.1, -0.05) is 12.1 Å². The smallest absolute Gasteiger partial charge is 0.390 e. The molecule has 104 valence electrons. The molecule has 1 heterocycles. The molecule has 0 atom stereocenters. The number of anilines is 1. The van der Waals surface area contributed by atoms with Crippen LogP contribution in [0.3, 0.4) is 0 Å². The Hall–Kier alpha value is -2.29. The molecule has 0 aliphatic heterocycles. The Bertz CT molecular complexity index is 670. The van der Waals surface area contributed by atoms with E-state index in [0.29, 0.717) is 5.69 Å². The molecule has 2 rings (SSSR count). The van der Waals surface area contributed by atoms with E-state index in [-0.39, 0.29) is 17.2 Å². The van der Waals surface area contributed by atoms with E-state index < -0.39 is 10.9 Å². The van der Waals surface area contributed by atoms with Crippen molar-refractivity contribution in [2.24, 2.45) is 0 Å². The van der Waals surface area contributed by atoms with Crippen molar-refractivity contribution in [2.45, 2.75) is 13.5 Å². The summed E-state index contributed by atoms with van der Waals surface area (Å²) in [6.45, 7) is 1.74. The van der Waals surface area contributed by atoms with Crippen molar-refractivity contribution < 1.29 is 9.72 Å². The van der Waals surface area contributed by atoms with Gasteiger partial charge < -0.3 is 15.4 Å². The summed E-state index contributed by atoms with van der Waals surface area (Å²) in [7, 11) is 0.